The van der Waals surface area contributed by atoms with Gasteiger partial charge in [0.15, 0.2) is 0 Å². The van der Waals surface area contributed by atoms with Crippen molar-refractivity contribution in [2.75, 3.05) is 0 Å². The number of hydrogen-bond acceptors (Lipinski definition) is 5. The number of benzene rings is 3. The lowest BCUT2D eigenvalue weighted by Crippen LogP contribution is -2.15. The van der Waals surface area contributed by atoms with Gasteiger partial charge in [-0.15, -0.1) is 0 Å². The van der Waals surface area contributed by atoms with Crippen LogP contribution < -0.4 is 4.74 Å². The average molecular weight is 495 g/mol. The minimum atomic E-state index is -0.916. The van der Waals surface area contributed by atoms with Gasteiger partial charge in [-0.05, 0) is 77.8 Å². The fourth-order valence-corrected chi connectivity index (χ4v) is 5.36. The van der Waals surface area contributed by atoms with Gasteiger partial charge in [-0.1, -0.05) is 66.9 Å². The summed E-state index contributed by atoms with van der Waals surface area (Å²) < 4.78 is 5.98. The first-order valence-electron chi connectivity index (χ1n) is 12.8. The molecule has 0 atom stereocenters. The molecule has 0 unspecified atom stereocenters. The maximum atomic E-state index is 12.1. The molecule has 5 rings (SSSR count). The molecular formula is C31H30N2O4. The molecule has 1 aliphatic rings. The lowest BCUT2D eigenvalue weighted by molar-refractivity contribution is 0.0694. The number of ether oxygens (including phenoxy) is 1. The highest BCUT2D eigenvalue weighted by atomic mass is 16.5. The molecule has 0 bridgehead atoms. The summed E-state index contributed by atoms with van der Waals surface area (Å²) in [5.74, 6) is 0.0157. The first kappa shape index (κ1) is 24.5. The van der Waals surface area contributed by atoms with E-state index in [2.05, 4.69) is 10.1 Å². The summed E-state index contributed by atoms with van der Waals surface area (Å²) in [6.07, 6.45) is 7.27. The molecule has 188 valence electrons. The molecule has 0 aliphatic heterocycles. The molecule has 37 heavy (non-hydrogen) atoms. The zero-order valence-corrected chi connectivity index (χ0v) is 20.6. The maximum absolute atomic E-state index is 12.1. The molecule has 1 aromatic heterocycles. The van der Waals surface area contributed by atoms with Crippen LogP contribution in [0, 0.1) is 0 Å². The van der Waals surface area contributed by atoms with Gasteiger partial charge in [-0.3, -0.25) is 0 Å². The second-order valence-electron chi connectivity index (χ2n) is 9.58. The third kappa shape index (κ3) is 5.64. The predicted octanol–water partition coefficient (Wildman–Crippen LogP) is 6.96. The molecule has 1 saturated carbocycles. The number of hydrogen-bond donors (Lipinski definition) is 2. The number of pyridine rings is 1. The lowest BCUT2D eigenvalue weighted by Gasteiger charge is -2.27. The van der Waals surface area contributed by atoms with Gasteiger partial charge in [-0.2, -0.15) is 0 Å². The largest absolute Gasteiger partial charge is 0.487 e. The Labute approximate surface area is 216 Å². The molecule has 1 aliphatic carbocycles. The third-order valence-electron chi connectivity index (χ3n) is 7.18. The van der Waals surface area contributed by atoms with Gasteiger partial charge in [0, 0.05) is 5.39 Å². The van der Waals surface area contributed by atoms with E-state index in [-0.39, 0.29) is 5.92 Å². The monoisotopic (exact) mass is 494 g/mol. The minimum Gasteiger partial charge on any atom is -0.487 e. The summed E-state index contributed by atoms with van der Waals surface area (Å²) in [6, 6.07) is 23.3. The molecule has 6 nitrogen and oxygen atoms in total. The average Bonchev–Trinajstić information content (AvgIpc) is 2.93. The van der Waals surface area contributed by atoms with Crippen LogP contribution in [-0.4, -0.2) is 27.5 Å². The fourth-order valence-electron chi connectivity index (χ4n) is 5.36. The topological polar surface area (TPSA) is 92.0 Å². The maximum Gasteiger partial charge on any atom is 0.335 e. The van der Waals surface area contributed by atoms with Gasteiger partial charge in [0.05, 0.1) is 23.0 Å². The highest BCUT2D eigenvalue weighted by molar-refractivity contribution is 5.93. The zero-order valence-electron chi connectivity index (χ0n) is 20.6. The van der Waals surface area contributed by atoms with Crippen LogP contribution in [0.25, 0.3) is 10.9 Å². The van der Waals surface area contributed by atoms with E-state index in [4.69, 9.17) is 4.74 Å². The Morgan fingerprint density at radius 2 is 1.76 bits per heavy atom. The molecule has 0 radical (unpaired) electrons. The molecule has 0 saturated heterocycles. The van der Waals surface area contributed by atoms with Crippen LogP contribution in [-0.2, 0) is 13.0 Å². The van der Waals surface area contributed by atoms with Crippen LogP contribution in [0.1, 0.15) is 76.3 Å². The van der Waals surface area contributed by atoms with Gasteiger partial charge in [-0.25, -0.2) is 9.78 Å². The first-order valence-corrected chi connectivity index (χ1v) is 12.8. The summed E-state index contributed by atoms with van der Waals surface area (Å²) in [5.41, 5.74) is 5.72. The second-order valence-corrected chi connectivity index (χ2v) is 9.58. The van der Waals surface area contributed by atoms with E-state index < -0.39 is 5.97 Å². The van der Waals surface area contributed by atoms with Gasteiger partial charge < -0.3 is 15.1 Å². The van der Waals surface area contributed by atoms with E-state index in [1.807, 2.05) is 60.7 Å². The third-order valence-corrected chi connectivity index (χ3v) is 7.18. The Bertz CT molecular complexity index is 1420. The van der Waals surface area contributed by atoms with E-state index in [1.165, 1.54) is 12.6 Å². The SMILES string of the molecule is O=C(O)c1ccc(C=NO)c(Cc2ccc(OCc3ccc4ccccc4n3)cc2)c1C1CCCCC1. The van der Waals surface area contributed by atoms with Gasteiger partial charge in [0.1, 0.15) is 12.4 Å². The number of aromatic nitrogens is 1. The smallest absolute Gasteiger partial charge is 0.335 e. The summed E-state index contributed by atoms with van der Waals surface area (Å²) >= 11 is 0. The Kier molecular flexibility index (Phi) is 7.45. The highest BCUT2D eigenvalue weighted by Gasteiger charge is 2.26. The number of carboxylic acids is 1. The summed E-state index contributed by atoms with van der Waals surface area (Å²) in [5, 5.41) is 23.6. The zero-order chi connectivity index (χ0) is 25.6. The van der Waals surface area contributed by atoms with Gasteiger partial charge in [0.25, 0.3) is 0 Å². The van der Waals surface area contributed by atoms with Crippen LogP contribution in [0.5, 0.6) is 5.75 Å². The number of para-hydroxylation sites is 1. The van der Waals surface area contributed by atoms with Crippen LogP contribution in [0.2, 0.25) is 0 Å². The number of oxime groups is 1. The van der Waals surface area contributed by atoms with E-state index in [0.717, 1.165) is 70.3 Å². The molecule has 4 aromatic rings. The van der Waals surface area contributed by atoms with Crippen LogP contribution >= 0.6 is 0 Å². The predicted molar refractivity (Wildman–Crippen MR) is 144 cm³/mol. The lowest BCUT2D eigenvalue weighted by atomic mass is 9.77. The quantitative estimate of drug-likeness (QED) is 0.157. The van der Waals surface area contributed by atoms with Crippen molar-refractivity contribution >= 4 is 23.1 Å². The van der Waals surface area contributed by atoms with E-state index in [1.54, 1.807) is 12.1 Å². The number of carbonyl (C=O) groups is 1. The van der Waals surface area contributed by atoms with E-state index in [9.17, 15) is 15.1 Å². The Balaban J connectivity index is 1.37. The minimum absolute atomic E-state index is 0.193. The Morgan fingerprint density at radius 3 is 2.51 bits per heavy atom. The van der Waals surface area contributed by atoms with Crippen molar-refractivity contribution in [3.63, 3.8) is 0 Å². The van der Waals surface area contributed by atoms with Crippen LogP contribution in [0.15, 0.2) is 78.0 Å². The fraction of sp³-hybridized carbons (Fsp3) is 0.258. The van der Waals surface area contributed by atoms with Crippen molar-refractivity contribution in [3.8, 4) is 5.75 Å². The standard InChI is InChI=1S/C31H30N2O4/c34-31(35)27-17-13-24(19-32-36)28(30(27)23-7-2-1-3-8-23)18-21-10-15-26(16-11-21)37-20-25-14-12-22-6-4-5-9-29(22)33-25/h4-6,9-17,19,23,36H,1-3,7-8,18,20H2,(H,34,35). The van der Waals surface area contributed by atoms with Crippen molar-refractivity contribution < 1.29 is 19.8 Å². The number of carboxylic acid groups (broad SMARTS) is 1. The number of aromatic carboxylic acids is 1. The van der Waals surface area contributed by atoms with Crippen molar-refractivity contribution in [2.24, 2.45) is 5.16 Å². The van der Waals surface area contributed by atoms with E-state index >= 15 is 0 Å². The van der Waals surface area contributed by atoms with E-state index in [0.29, 0.717) is 18.6 Å². The molecule has 2 N–H and O–H groups in total. The molecule has 1 heterocycles. The molecule has 6 heteroatoms. The van der Waals surface area contributed by atoms with Crippen LogP contribution in [0.3, 0.4) is 0 Å². The molecular weight excluding hydrogens is 464 g/mol. The molecule has 0 amide bonds. The van der Waals surface area contributed by atoms with Gasteiger partial charge >= 0.3 is 5.97 Å². The summed E-state index contributed by atoms with van der Waals surface area (Å²) in [4.78, 5) is 16.8. The molecule has 1 fully saturated rings. The second kappa shape index (κ2) is 11.2. The van der Waals surface area contributed by atoms with Crippen LogP contribution in [0.4, 0.5) is 0 Å². The Hall–Kier alpha value is -4.19. The summed E-state index contributed by atoms with van der Waals surface area (Å²) in [6.45, 7) is 0.369. The summed E-state index contributed by atoms with van der Waals surface area (Å²) in [7, 11) is 0. The van der Waals surface area contributed by atoms with Crippen molar-refractivity contribution in [1.29, 1.82) is 0 Å². The molecule has 3 aromatic carbocycles. The normalized spacial score (nSPS) is 14.3. The Morgan fingerprint density at radius 1 is 0.973 bits per heavy atom. The first-order chi connectivity index (χ1) is 18.1. The number of fused-ring (bicyclic) bond motifs is 1. The van der Waals surface area contributed by atoms with Crippen molar-refractivity contribution in [3.05, 3.63) is 106 Å². The van der Waals surface area contributed by atoms with Crippen molar-refractivity contribution in [1.82, 2.24) is 4.98 Å². The van der Waals surface area contributed by atoms with Gasteiger partial charge in [0.2, 0.25) is 0 Å². The van der Waals surface area contributed by atoms with Crippen molar-refractivity contribution in [2.45, 2.75) is 51.0 Å². The highest BCUT2D eigenvalue weighted by Crippen LogP contribution is 2.38. The number of nitrogens with zero attached hydrogens (tertiary/aromatic N) is 2. The number of rotatable bonds is 8. The molecule has 0 spiro atoms.